The van der Waals surface area contributed by atoms with Crippen molar-refractivity contribution >= 4 is 55.8 Å². The molecule has 0 bridgehead atoms. The zero-order chi connectivity index (χ0) is 20.8. The third kappa shape index (κ3) is 6.27. The van der Waals surface area contributed by atoms with Gasteiger partial charge in [-0.3, -0.25) is 0 Å². The third-order valence-corrected chi connectivity index (χ3v) is 6.32. The number of nitrogens with one attached hydrogen (secondary N) is 1. The molecule has 0 aliphatic heterocycles. The molecule has 3 nitrogen and oxygen atoms in total. The lowest BCUT2D eigenvalue weighted by Crippen LogP contribution is -2.05. The lowest BCUT2D eigenvalue weighted by atomic mass is 10.1. The van der Waals surface area contributed by atoms with Crippen LogP contribution in [0.3, 0.4) is 0 Å². The summed E-state index contributed by atoms with van der Waals surface area (Å²) in [6, 6.07) is 18.3. The number of rotatable bonds is 8. The summed E-state index contributed by atoms with van der Waals surface area (Å²) in [6.07, 6.45) is 0. The molecule has 0 spiro atoms. The minimum absolute atomic E-state index is 0.505. The normalized spacial score (nSPS) is 10.7. The summed E-state index contributed by atoms with van der Waals surface area (Å²) >= 11 is 11.9. The van der Waals surface area contributed by atoms with Crippen molar-refractivity contribution in [3.63, 3.8) is 0 Å². The number of aryl methyl sites for hydroxylation is 1. The zero-order valence-corrected chi connectivity index (χ0v) is 20.8. The Balaban J connectivity index is 1.74. The molecule has 0 saturated heterocycles. The monoisotopic (exact) mass is 585 g/mol. The smallest absolute Gasteiger partial charge is 0.174 e. The molecule has 0 amide bonds. The van der Waals surface area contributed by atoms with Crippen molar-refractivity contribution in [1.82, 2.24) is 0 Å². The lowest BCUT2D eigenvalue weighted by molar-refractivity contribution is 0.267. The average Bonchev–Trinajstić information content (AvgIpc) is 2.70. The summed E-state index contributed by atoms with van der Waals surface area (Å²) in [6.45, 7) is 5.80. The van der Waals surface area contributed by atoms with E-state index in [2.05, 4.69) is 81.1 Å². The van der Waals surface area contributed by atoms with E-state index in [1.54, 1.807) is 0 Å². The zero-order valence-electron chi connectivity index (χ0n) is 16.3. The predicted octanol–water partition coefficient (Wildman–Crippen LogP) is 7.61. The maximum atomic E-state index is 6.18. The summed E-state index contributed by atoms with van der Waals surface area (Å²) < 4.78 is 13.9. The van der Waals surface area contributed by atoms with Crippen LogP contribution in [0.4, 0.5) is 5.69 Å². The molecule has 3 aromatic rings. The number of ether oxygens (including phenoxy) is 2. The molecule has 0 aromatic heterocycles. The van der Waals surface area contributed by atoms with Gasteiger partial charge in [-0.15, -0.1) is 0 Å². The second-order valence-electron chi connectivity index (χ2n) is 6.59. The topological polar surface area (TPSA) is 30.5 Å². The van der Waals surface area contributed by atoms with Crippen molar-refractivity contribution in [3.05, 3.63) is 84.4 Å². The van der Waals surface area contributed by atoms with E-state index in [-0.39, 0.29) is 0 Å². The fraction of sp³-hybridized carbons (Fsp3) is 0.217. The number of hydrogen-bond acceptors (Lipinski definition) is 3. The number of benzene rings is 3. The first kappa shape index (κ1) is 22.2. The maximum absolute atomic E-state index is 6.18. The van der Waals surface area contributed by atoms with Crippen LogP contribution in [0.2, 0.25) is 5.02 Å². The van der Waals surface area contributed by atoms with Crippen LogP contribution in [0.15, 0.2) is 59.1 Å². The van der Waals surface area contributed by atoms with Crippen molar-refractivity contribution in [2.45, 2.75) is 27.0 Å². The third-order valence-electron chi connectivity index (χ3n) is 4.29. The van der Waals surface area contributed by atoms with Crippen LogP contribution >= 0.6 is 50.1 Å². The first-order chi connectivity index (χ1) is 14.0. The number of halogens is 3. The summed E-state index contributed by atoms with van der Waals surface area (Å²) in [7, 11) is 0. The molecule has 0 atom stereocenters. The van der Waals surface area contributed by atoms with E-state index < -0.39 is 0 Å². The van der Waals surface area contributed by atoms with Crippen LogP contribution in [0.25, 0.3) is 0 Å². The second-order valence-corrected chi connectivity index (χ2v) is 9.02. The molecule has 0 fully saturated rings. The molecule has 0 saturated carbocycles. The quantitative estimate of drug-likeness (QED) is 0.276. The highest BCUT2D eigenvalue weighted by Crippen LogP contribution is 2.35. The van der Waals surface area contributed by atoms with Gasteiger partial charge in [0.15, 0.2) is 11.5 Å². The van der Waals surface area contributed by atoms with E-state index in [9.17, 15) is 0 Å². The van der Waals surface area contributed by atoms with Gasteiger partial charge in [-0.2, -0.15) is 0 Å². The maximum Gasteiger partial charge on any atom is 0.174 e. The van der Waals surface area contributed by atoms with Crippen molar-refractivity contribution in [3.8, 4) is 11.5 Å². The Hall–Kier alpha value is -1.44. The molecular weight excluding hydrogens is 565 g/mol. The van der Waals surface area contributed by atoms with E-state index >= 15 is 0 Å². The van der Waals surface area contributed by atoms with Crippen LogP contribution < -0.4 is 14.8 Å². The fourth-order valence-corrected chi connectivity index (χ4v) is 4.03. The number of hydrogen-bond donors (Lipinski definition) is 1. The van der Waals surface area contributed by atoms with Gasteiger partial charge < -0.3 is 14.8 Å². The van der Waals surface area contributed by atoms with Gasteiger partial charge in [0, 0.05) is 16.7 Å². The van der Waals surface area contributed by atoms with E-state index in [0.29, 0.717) is 24.8 Å². The lowest BCUT2D eigenvalue weighted by Gasteiger charge is -2.16. The van der Waals surface area contributed by atoms with Gasteiger partial charge in [-0.25, -0.2) is 0 Å². The Morgan fingerprint density at radius 3 is 2.45 bits per heavy atom. The number of anilines is 1. The van der Waals surface area contributed by atoms with Crippen LogP contribution in [0, 0.1) is 10.5 Å². The van der Waals surface area contributed by atoms with Crippen molar-refractivity contribution in [2.24, 2.45) is 0 Å². The fourth-order valence-electron chi connectivity index (χ4n) is 2.78. The SMILES string of the molecule is CCOc1cc(CNc2ccc(Br)c(Cl)c2)cc(I)c1OCc1ccc(C)cc1. The predicted molar refractivity (Wildman–Crippen MR) is 132 cm³/mol. The minimum Gasteiger partial charge on any atom is -0.490 e. The Morgan fingerprint density at radius 2 is 1.76 bits per heavy atom. The van der Waals surface area contributed by atoms with Gasteiger partial charge in [-0.05, 0) is 93.8 Å². The van der Waals surface area contributed by atoms with Crippen molar-refractivity contribution < 1.29 is 9.47 Å². The van der Waals surface area contributed by atoms with Crippen molar-refractivity contribution in [1.29, 1.82) is 0 Å². The van der Waals surface area contributed by atoms with E-state index in [1.165, 1.54) is 5.56 Å². The molecule has 152 valence electrons. The Kier molecular flexibility index (Phi) is 8.09. The first-order valence-electron chi connectivity index (χ1n) is 9.28. The van der Waals surface area contributed by atoms with Gasteiger partial charge in [0.2, 0.25) is 0 Å². The molecular formula is C23H22BrClINO2. The van der Waals surface area contributed by atoms with E-state index in [0.717, 1.165) is 36.4 Å². The van der Waals surface area contributed by atoms with Crippen LogP contribution in [0.1, 0.15) is 23.6 Å². The van der Waals surface area contributed by atoms with Gasteiger partial charge in [0.1, 0.15) is 6.61 Å². The highest BCUT2D eigenvalue weighted by Gasteiger charge is 2.13. The highest BCUT2D eigenvalue weighted by atomic mass is 127. The molecule has 6 heteroatoms. The molecule has 3 aromatic carbocycles. The van der Waals surface area contributed by atoms with Gasteiger partial charge >= 0.3 is 0 Å². The van der Waals surface area contributed by atoms with Crippen LogP contribution in [0.5, 0.6) is 11.5 Å². The van der Waals surface area contributed by atoms with Gasteiger partial charge in [0.05, 0.1) is 15.2 Å². The molecule has 29 heavy (non-hydrogen) atoms. The summed E-state index contributed by atoms with van der Waals surface area (Å²) in [4.78, 5) is 0. The summed E-state index contributed by atoms with van der Waals surface area (Å²) in [5.74, 6) is 1.54. The Morgan fingerprint density at radius 1 is 1.00 bits per heavy atom. The highest BCUT2D eigenvalue weighted by molar-refractivity contribution is 14.1. The van der Waals surface area contributed by atoms with E-state index in [1.807, 2.05) is 31.2 Å². The molecule has 0 unspecified atom stereocenters. The largest absolute Gasteiger partial charge is 0.490 e. The summed E-state index contributed by atoms with van der Waals surface area (Å²) in [5, 5.41) is 4.08. The average molecular weight is 587 g/mol. The molecule has 1 N–H and O–H groups in total. The Bertz CT molecular complexity index is 979. The molecule has 0 radical (unpaired) electrons. The molecule has 0 aliphatic rings. The second kappa shape index (κ2) is 10.5. The van der Waals surface area contributed by atoms with Crippen molar-refractivity contribution in [2.75, 3.05) is 11.9 Å². The molecule has 0 heterocycles. The van der Waals surface area contributed by atoms with Gasteiger partial charge in [-0.1, -0.05) is 41.4 Å². The Labute approximate surface area is 199 Å². The molecule has 0 aliphatic carbocycles. The summed E-state index contributed by atoms with van der Waals surface area (Å²) in [5.41, 5.74) is 4.44. The van der Waals surface area contributed by atoms with Crippen LogP contribution in [-0.2, 0) is 13.2 Å². The first-order valence-corrected chi connectivity index (χ1v) is 11.5. The standard InChI is InChI=1S/C23H22BrClINO2/c1-3-28-22-11-17(13-27-18-8-9-19(24)20(25)12-18)10-21(26)23(22)29-14-16-6-4-15(2)5-7-16/h4-12,27H,3,13-14H2,1-2H3. The van der Waals surface area contributed by atoms with E-state index in [4.69, 9.17) is 21.1 Å². The van der Waals surface area contributed by atoms with Crippen LogP contribution in [-0.4, -0.2) is 6.61 Å². The van der Waals surface area contributed by atoms with Gasteiger partial charge in [0.25, 0.3) is 0 Å². The molecule has 3 rings (SSSR count). The minimum atomic E-state index is 0.505.